The van der Waals surface area contributed by atoms with Crippen LogP contribution in [0.5, 0.6) is 0 Å². The number of ether oxygens (including phenoxy) is 1. The summed E-state index contributed by atoms with van der Waals surface area (Å²) in [5, 5.41) is 4.54. The molecule has 0 radical (unpaired) electrons. The summed E-state index contributed by atoms with van der Waals surface area (Å²) >= 11 is 0. The van der Waals surface area contributed by atoms with Crippen molar-refractivity contribution in [2.24, 2.45) is 0 Å². The molecule has 0 amide bonds. The summed E-state index contributed by atoms with van der Waals surface area (Å²) in [6.45, 7) is 5.94. The van der Waals surface area contributed by atoms with Gasteiger partial charge < -0.3 is 15.0 Å². The zero-order valence-corrected chi connectivity index (χ0v) is 11.5. The van der Waals surface area contributed by atoms with E-state index in [1.165, 1.54) is 5.56 Å². The van der Waals surface area contributed by atoms with Gasteiger partial charge in [-0.25, -0.2) is 9.97 Å². The van der Waals surface area contributed by atoms with Crippen molar-refractivity contribution in [2.45, 2.75) is 38.7 Å². The Labute approximate surface area is 112 Å². The van der Waals surface area contributed by atoms with E-state index in [4.69, 9.17) is 4.74 Å². The maximum atomic E-state index is 5.80. The molecule has 5 heteroatoms. The third-order valence-electron chi connectivity index (χ3n) is 3.86. The normalized spacial score (nSPS) is 23.1. The lowest BCUT2D eigenvalue weighted by Crippen LogP contribution is -2.32. The van der Waals surface area contributed by atoms with Crippen LogP contribution in [0.3, 0.4) is 0 Å². The molecule has 1 fully saturated rings. The molecule has 1 saturated heterocycles. The van der Waals surface area contributed by atoms with Crippen LogP contribution >= 0.6 is 0 Å². The van der Waals surface area contributed by atoms with Crippen LogP contribution in [-0.4, -0.2) is 33.7 Å². The van der Waals surface area contributed by atoms with Gasteiger partial charge in [-0.2, -0.15) is 0 Å². The van der Waals surface area contributed by atoms with Crippen LogP contribution in [0.25, 0.3) is 11.0 Å². The Morgan fingerprint density at radius 1 is 1.47 bits per heavy atom. The quantitative estimate of drug-likeness (QED) is 0.886. The third kappa shape index (κ3) is 2.30. The number of H-pyrrole nitrogens is 1. The van der Waals surface area contributed by atoms with E-state index in [2.05, 4.69) is 34.1 Å². The van der Waals surface area contributed by atoms with Gasteiger partial charge >= 0.3 is 0 Å². The first-order valence-electron chi connectivity index (χ1n) is 6.91. The van der Waals surface area contributed by atoms with E-state index in [0.29, 0.717) is 0 Å². The number of rotatable bonds is 4. The largest absolute Gasteiger partial charge is 0.373 e. The fourth-order valence-corrected chi connectivity index (χ4v) is 2.69. The van der Waals surface area contributed by atoms with Crippen molar-refractivity contribution < 1.29 is 4.74 Å². The molecule has 5 nitrogen and oxygen atoms in total. The van der Waals surface area contributed by atoms with Crippen LogP contribution in [0.4, 0.5) is 5.82 Å². The van der Waals surface area contributed by atoms with Crippen molar-refractivity contribution in [3.05, 3.63) is 18.1 Å². The fraction of sp³-hybridized carbons (Fsp3) is 0.571. The zero-order valence-electron chi connectivity index (χ0n) is 11.5. The number of aromatic amines is 1. The Morgan fingerprint density at radius 2 is 2.37 bits per heavy atom. The van der Waals surface area contributed by atoms with Gasteiger partial charge in [0.1, 0.15) is 17.8 Å². The number of nitrogens with one attached hydrogen (secondary N) is 2. The summed E-state index contributed by atoms with van der Waals surface area (Å²) in [6, 6.07) is 0. The van der Waals surface area contributed by atoms with Gasteiger partial charge in [0.2, 0.25) is 0 Å². The summed E-state index contributed by atoms with van der Waals surface area (Å²) in [7, 11) is 0. The lowest BCUT2D eigenvalue weighted by molar-refractivity contribution is 0.0315. The summed E-state index contributed by atoms with van der Waals surface area (Å²) in [5.74, 6) is 0.903. The minimum atomic E-state index is -0.0695. The average Bonchev–Trinajstić information content (AvgIpc) is 3.03. The molecule has 102 valence electrons. The molecule has 19 heavy (non-hydrogen) atoms. The van der Waals surface area contributed by atoms with Gasteiger partial charge in [-0.3, -0.25) is 0 Å². The van der Waals surface area contributed by atoms with Gasteiger partial charge in [-0.1, -0.05) is 6.92 Å². The highest BCUT2D eigenvalue weighted by atomic mass is 16.5. The number of anilines is 1. The maximum Gasteiger partial charge on any atom is 0.143 e. The Kier molecular flexibility index (Phi) is 3.14. The second-order valence-electron chi connectivity index (χ2n) is 5.37. The minimum absolute atomic E-state index is 0.0695. The van der Waals surface area contributed by atoms with Crippen LogP contribution in [0, 0.1) is 0 Å². The summed E-state index contributed by atoms with van der Waals surface area (Å²) in [5.41, 5.74) is 2.07. The highest BCUT2D eigenvalue weighted by molar-refractivity contribution is 5.90. The molecular weight excluding hydrogens is 240 g/mol. The van der Waals surface area contributed by atoms with Crippen molar-refractivity contribution in [1.29, 1.82) is 0 Å². The molecule has 1 aliphatic rings. The second kappa shape index (κ2) is 4.81. The van der Waals surface area contributed by atoms with Crippen molar-refractivity contribution in [1.82, 2.24) is 15.0 Å². The van der Waals surface area contributed by atoms with Gasteiger partial charge in [-0.05, 0) is 31.7 Å². The van der Waals surface area contributed by atoms with Crippen LogP contribution < -0.4 is 5.32 Å². The van der Waals surface area contributed by atoms with Gasteiger partial charge in [0.05, 0.1) is 11.0 Å². The summed E-state index contributed by atoms with van der Waals surface area (Å²) in [4.78, 5) is 11.8. The number of nitrogens with zero attached hydrogens (tertiary/aromatic N) is 2. The first-order chi connectivity index (χ1) is 9.22. The number of hydrogen-bond donors (Lipinski definition) is 2. The lowest BCUT2D eigenvalue weighted by atomic mass is 10.0. The topological polar surface area (TPSA) is 62.8 Å². The third-order valence-corrected chi connectivity index (χ3v) is 3.86. The lowest BCUT2D eigenvalue weighted by Gasteiger charge is -2.23. The molecule has 2 N–H and O–H groups in total. The predicted molar refractivity (Wildman–Crippen MR) is 75.3 cm³/mol. The first-order valence-corrected chi connectivity index (χ1v) is 6.91. The van der Waals surface area contributed by atoms with Crippen LogP contribution in [-0.2, 0) is 11.2 Å². The van der Waals surface area contributed by atoms with E-state index < -0.39 is 0 Å². The highest BCUT2D eigenvalue weighted by Gasteiger charge is 2.29. The van der Waals surface area contributed by atoms with Gasteiger partial charge in [0, 0.05) is 19.3 Å². The molecule has 0 aromatic carbocycles. The summed E-state index contributed by atoms with van der Waals surface area (Å²) < 4.78 is 5.80. The number of aromatic nitrogens is 3. The molecule has 1 unspecified atom stereocenters. The number of fused-ring (bicyclic) bond motifs is 1. The Bertz CT molecular complexity index is 572. The molecule has 2 aromatic heterocycles. The minimum Gasteiger partial charge on any atom is -0.373 e. The van der Waals surface area contributed by atoms with Crippen molar-refractivity contribution >= 4 is 16.9 Å². The Hall–Kier alpha value is -1.62. The van der Waals surface area contributed by atoms with E-state index in [0.717, 1.165) is 49.3 Å². The molecule has 0 saturated carbocycles. The molecule has 0 spiro atoms. The monoisotopic (exact) mass is 260 g/mol. The maximum absolute atomic E-state index is 5.80. The fourth-order valence-electron chi connectivity index (χ4n) is 2.69. The SMILES string of the molecule is CCc1c[nH]c2ncnc(NCC3(C)CCCO3)c12. The van der Waals surface area contributed by atoms with Crippen LogP contribution in [0.2, 0.25) is 0 Å². The predicted octanol–water partition coefficient (Wildman–Crippen LogP) is 2.50. The van der Waals surface area contributed by atoms with E-state index in [1.807, 2.05) is 6.20 Å². The van der Waals surface area contributed by atoms with Gasteiger partial charge in [0.25, 0.3) is 0 Å². The van der Waals surface area contributed by atoms with Gasteiger partial charge in [0.15, 0.2) is 0 Å². The molecular formula is C14H20N4O. The Balaban J connectivity index is 1.86. The van der Waals surface area contributed by atoms with Crippen molar-refractivity contribution in [2.75, 3.05) is 18.5 Å². The number of hydrogen-bond acceptors (Lipinski definition) is 4. The Morgan fingerprint density at radius 3 is 3.11 bits per heavy atom. The highest BCUT2D eigenvalue weighted by Crippen LogP contribution is 2.28. The van der Waals surface area contributed by atoms with Gasteiger partial charge in [-0.15, -0.1) is 0 Å². The van der Waals surface area contributed by atoms with Crippen molar-refractivity contribution in [3.8, 4) is 0 Å². The first kappa shape index (κ1) is 12.4. The molecule has 1 aliphatic heterocycles. The second-order valence-corrected chi connectivity index (χ2v) is 5.37. The molecule has 1 atom stereocenters. The summed E-state index contributed by atoms with van der Waals surface area (Å²) in [6.07, 6.45) is 6.82. The van der Waals surface area contributed by atoms with Crippen molar-refractivity contribution in [3.63, 3.8) is 0 Å². The van der Waals surface area contributed by atoms with E-state index >= 15 is 0 Å². The molecule has 0 aliphatic carbocycles. The molecule has 0 bridgehead atoms. The van der Waals surface area contributed by atoms with E-state index in [9.17, 15) is 0 Å². The molecule has 2 aromatic rings. The van der Waals surface area contributed by atoms with Crippen LogP contribution in [0.1, 0.15) is 32.3 Å². The zero-order chi connectivity index (χ0) is 13.3. The van der Waals surface area contributed by atoms with Crippen LogP contribution in [0.15, 0.2) is 12.5 Å². The molecule has 3 rings (SSSR count). The molecule has 3 heterocycles. The standard InChI is InChI=1S/C14H20N4O/c1-3-10-7-15-12-11(10)13(18-9-17-12)16-8-14(2)5-4-6-19-14/h7,9H,3-6,8H2,1-2H3,(H2,15,16,17,18). The average molecular weight is 260 g/mol. The smallest absolute Gasteiger partial charge is 0.143 e. The van der Waals surface area contributed by atoms with E-state index in [-0.39, 0.29) is 5.60 Å². The van der Waals surface area contributed by atoms with E-state index in [1.54, 1.807) is 6.33 Å². The number of aryl methyl sites for hydroxylation is 1.